The summed E-state index contributed by atoms with van der Waals surface area (Å²) in [6, 6.07) is 0. The van der Waals surface area contributed by atoms with Crippen molar-refractivity contribution in [2.24, 2.45) is 11.8 Å². The largest absolute Gasteiger partial charge is 0.393 e. The molecule has 0 heterocycles. The molecule has 66 valence electrons. The fourth-order valence-corrected chi connectivity index (χ4v) is 2.57. The van der Waals surface area contributed by atoms with Gasteiger partial charge in [0.25, 0.3) is 0 Å². The Labute approximate surface area is 67.6 Å². The van der Waals surface area contributed by atoms with Crippen molar-refractivity contribution >= 4 is 0 Å². The van der Waals surface area contributed by atoms with E-state index >= 15 is 0 Å². The van der Waals surface area contributed by atoms with Crippen LogP contribution in [-0.2, 0) is 0 Å². The van der Waals surface area contributed by atoms with Gasteiger partial charge in [0, 0.05) is 0 Å². The standard InChI is InChI=1S/C8H13FO.CH4/c9-8(5-10)4-6-1-2-7(8)3-6;/h6-7,10H,1-5H2;1H4. The first-order valence-electron chi connectivity index (χ1n) is 4.04. The third-order valence-electron chi connectivity index (χ3n) is 3.16. The van der Waals surface area contributed by atoms with Crippen molar-refractivity contribution in [3.63, 3.8) is 0 Å². The number of halogens is 1. The summed E-state index contributed by atoms with van der Waals surface area (Å²) in [6.07, 6.45) is 3.84. The molecule has 2 heteroatoms. The molecule has 1 nitrogen and oxygen atoms in total. The van der Waals surface area contributed by atoms with Gasteiger partial charge in [-0.3, -0.25) is 0 Å². The van der Waals surface area contributed by atoms with Gasteiger partial charge in [0.15, 0.2) is 0 Å². The molecule has 2 saturated carbocycles. The quantitative estimate of drug-likeness (QED) is 0.623. The van der Waals surface area contributed by atoms with E-state index in [-0.39, 0.29) is 20.0 Å². The highest BCUT2D eigenvalue weighted by molar-refractivity contribution is 5.00. The van der Waals surface area contributed by atoms with Crippen LogP contribution in [0.25, 0.3) is 0 Å². The zero-order valence-electron chi connectivity index (χ0n) is 6.02. The van der Waals surface area contributed by atoms with Crippen molar-refractivity contribution in [2.75, 3.05) is 6.61 Å². The highest BCUT2D eigenvalue weighted by atomic mass is 19.1. The summed E-state index contributed by atoms with van der Waals surface area (Å²) >= 11 is 0. The Hall–Kier alpha value is -0.110. The lowest BCUT2D eigenvalue weighted by atomic mass is 9.87. The first-order chi connectivity index (χ1) is 4.74. The van der Waals surface area contributed by atoms with E-state index in [0.29, 0.717) is 12.3 Å². The molecule has 0 amide bonds. The summed E-state index contributed by atoms with van der Waals surface area (Å²) in [6.45, 7) is -0.256. The van der Waals surface area contributed by atoms with Crippen LogP contribution in [0.3, 0.4) is 0 Å². The molecule has 0 saturated heterocycles. The average molecular weight is 160 g/mol. The Morgan fingerprint density at radius 2 is 2.18 bits per heavy atom. The minimum Gasteiger partial charge on any atom is -0.393 e. The molecule has 0 spiro atoms. The summed E-state index contributed by atoms with van der Waals surface area (Å²) in [5.41, 5.74) is -1.19. The van der Waals surface area contributed by atoms with Crippen LogP contribution in [0.1, 0.15) is 33.1 Å². The van der Waals surface area contributed by atoms with Gasteiger partial charge in [-0.25, -0.2) is 4.39 Å². The van der Waals surface area contributed by atoms with Gasteiger partial charge in [-0.1, -0.05) is 7.43 Å². The van der Waals surface area contributed by atoms with E-state index in [9.17, 15) is 4.39 Å². The Morgan fingerprint density at radius 3 is 2.45 bits per heavy atom. The predicted molar refractivity (Wildman–Crippen MR) is 43.1 cm³/mol. The molecule has 1 N–H and O–H groups in total. The third kappa shape index (κ3) is 1.18. The maximum absolute atomic E-state index is 13.5. The fraction of sp³-hybridized carbons (Fsp3) is 1.00. The summed E-state index contributed by atoms with van der Waals surface area (Å²) in [7, 11) is 0. The molecule has 0 aromatic carbocycles. The highest BCUT2D eigenvalue weighted by Crippen LogP contribution is 2.52. The normalized spacial score (nSPS) is 47.5. The molecule has 2 aliphatic carbocycles. The zero-order chi connectivity index (χ0) is 7.19. The molecule has 2 aliphatic rings. The van der Waals surface area contributed by atoms with E-state index in [1.165, 1.54) is 6.42 Å². The maximum Gasteiger partial charge on any atom is 0.137 e. The van der Waals surface area contributed by atoms with Gasteiger partial charge < -0.3 is 5.11 Å². The molecule has 2 rings (SSSR count). The van der Waals surface area contributed by atoms with Gasteiger partial charge in [-0.2, -0.15) is 0 Å². The molecule has 0 aromatic heterocycles. The second kappa shape index (κ2) is 2.74. The Morgan fingerprint density at radius 1 is 1.45 bits per heavy atom. The van der Waals surface area contributed by atoms with Gasteiger partial charge in [0.1, 0.15) is 5.67 Å². The minimum atomic E-state index is -1.19. The van der Waals surface area contributed by atoms with Crippen LogP contribution in [0.5, 0.6) is 0 Å². The topological polar surface area (TPSA) is 20.2 Å². The second-order valence-electron chi connectivity index (χ2n) is 3.77. The van der Waals surface area contributed by atoms with Crippen molar-refractivity contribution in [3.8, 4) is 0 Å². The van der Waals surface area contributed by atoms with E-state index in [0.717, 1.165) is 12.8 Å². The van der Waals surface area contributed by atoms with Crippen LogP contribution in [0, 0.1) is 11.8 Å². The summed E-state index contributed by atoms with van der Waals surface area (Å²) in [4.78, 5) is 0. The fourth-order valence-electron chi connectivity index (χ4n) is 2.57. The van der Waals surface area contributed by atoms with Crippen LogP contribution in [-0.4, -0.2) is 17.4 Å². The number of aliphatic hydroxyl groups is 1. The van der Waals surface area contributed by atoms with Gasteiger partial charge >= 0.3 is 0 Å². The van der Waals surface area contributed by atoms with Crippen molar-refractivity contribution in [3.05, 3.63) is 0 Å². The first kappa shape index (κ1) is 8.98. The lowest BCUT2D eigenvalue weighted by molar-refractivity contribution is 0.0208. The molecule has 3 atom stereocenters. The number of hydrogen-bond donors (Lipinski definition) is 1. The third-order valence-corrected chi connectivity index (χ3v) is 3.16. The van der Waals surface area contributed by atoms with Crippen molar-refractivity contribution in [1.29, 1.82) is 0 Å². The lowest BCUT2D eigenvalue weighted by Gasteiger charge is -2.27. The molecule has 0 radical (unpaired) electrons. The number of fused-ring (bicyclic) bond motifs is 2. The zero-order valence-corrected chi connectivity index (χ0v) is 6.02. The second-order valence-corrected chi connectivity index (χ2v) is 3.77. The van der Waals surface area contributed by atoms with E-state index in [1.807, 2.05) is 0 Å². The number of rotatable bonds is 1. The highest BCUT2D eigenvalue weighted by Gasteiger charge is 2.51. The number of alkyl halides is 1. The molecule has 2 fully saturated rings. The molecule has 0 aliphatic heterocycles. The number of hydrogen-bond acceptors (Lipinski definition) is 1. The lowest BCUT2D eigenvalue weighted by Crippen LogP contribution is -2.33. The van der Waals surface area contributed by atoms with Crippen LogP contribution in [0.4, 0.5) is 4.39 Å². The van der Waals surface area contributed by atoms with Crippen LogP contribution < -0.4 is 0 Å². The smallest absolute Gasteiger partial charge is 0.137 e. The minimum absolute atomic E-state index is 0. The van der Waals surface area contributed by atoms with E-state index in [2.05, 4.69) is 0 Å². The molecular formula is C9H17FO. The Kier molecular flexibility index (Phi) is 2.24. The van der Waals surface area contributed by atoms with Crippen molar-refractivity contribution in [2.45, 2.75) is 38.8 Å². The average Bonchev–Trinajstić information content (AvgIpc) is 2.46. The van der Waals surface area contributed by atoms with Crippen LogP contribution in [0.2, 0.25) is 0 Å². The Balaban J connectivity index is 0.000000605. The summed E-state index contributed by atoms with van der Waals surface area (Å²) in [5.74, 6) is 0.768. The monoisotopic (exact) mass is 160 g/mol. The van der Waals surface area contributed by atoms with Gasteiger partial charge in [-0.05, 0) is 37.5 Å². The summed E-state index contributed by atoms with van der Waals surface area (Å²) < 4.78 is 13.5. The van der Waals surface area contributed by atoms with Crippen LogP contribution in [0.15, 0.2) is 0 Å². The molecule has 0 aromatic rings. The van der Waals surface area contributed by atoms with Gasteiger partial charge in [0.2, 0.25) is 0 Å². The van der Waals surface area contributed by atoms with Crippen LogP contribution >= 0.6 is 0 Å². The molecule has 2 bridgehead atoms. The van der Waals surface area contributed by atoms with E-state index < -0.39 is 5.67 Å². The molecule has 11 heavy (non-hydrogen) atoms. The maximum atomic E-state index is 13.5. The van der Waals surface area contributed by atoms with Crippen molar-refractivity contribution < 1.29 is 9.50 Å². The van der Waals surface area contributed by atoms with E-state index in [1.54, 1.807) is 0 Å². The van der Waals surface area contributed by atoms with Gasteiger partial charge in [0.05, 0.1) is 6.61 Å². The predicted octanol–water partition coefficient (Wildman–Crippen LogP) is 2.14. The van der Waals surface area contributed by atoms with Crippen molar-refractivity contribution in [1.82, 2.24) is 0 Å². The summed E-state index contributed by atoms with van der Waals surface area (Å²) in [5, 5.41) is 8.77. The Bertz CT molecular complexity index is 148. The molecule has 3 unspecified atom stereocenters. The molecular weight excluding hydrogens is 143 g/mol. The van der Waals surface area contributed by atoms with Gasteiger partial charge in [-0.15, -0.1) is 0 Å². The SMILES string of the molecule is C.OCC1(F)CC2CCC1C2. The van der Waals surface area contributed by atoms with E-state index in [4.69, 9.17) is 5.11 Å². The first-order valence-corrected chi connectivity index (χ1v) is 4.04. The number of aliphatic hydroxyl groups excluding tert-OH is 1.